The lowest BCUT2D eigenvalue weighted by molar-refractivity contribution is -0.184. The molecule has 0 atom stereocenters. The third kappa shape index (κ3) is 5.01. The van der Waals surface area contributed by atoms with Gasteiger partial charge in [-0.3, -0.25) is 4.79 Å². The maximum Gasteiger partial charge on any atom is 0.391 e. The zero-order valence-electron chi connectivity index (χ0n) is 11.4. The molecule has 1 amide bonds. The SMILES string of the molecule is CC(C)(CO)CNC(=O)C1CCC(C(F)(F)F)CC1. The predicted octanol–water partition coefficient (Wildman–Crippen LogP) is 2.49. The molecule has 0 aromatic carbocycles. The van der Waals surface area contributed by atoms with Crippen LogP contribution < -0.4 is 5.32 Å². The zero-order chi connectivity index (χ0) is 14.7. The van der Waals surface area contributed by atoms with Crippen LogP contribution in [0.25, 0.3) is 0 Å². The highest BCUT2D eigenvalue weighted by Gasteiger charge is 2.42. The molecule has 0 saturated heterocycles. The fourth-order valence-corrected chi connectivity index (χ4v) is 2.21. The van der Waals surface area contributed by atoms with E-state index < -0.39 is 17.5 Å². The summed E-state index contributed by atoms with van der Waals surface area (Å²) in [5, 5.41) is 11.8. The molecular formula is C13H22F3NO2. The van der Waals surface area contributed by atoms with Crippen LogP contribution in [0.2, 0.25) is 0 Å². The van der Waals surface area contributed by atoms with Crippen LogP contribution in [0.4, 0.5) is 13.2 Å². The lowest BCUT2D eigenvalue weighted by Gasteiger charge is -2.30. The number of halogens is 3. The van der Waals surface area contributed by atoms with Crippen molar-refractivity contribution >= 4 is 5.91 Å². The van der Waals surface area contributed by atoms with Crippen molar-refractivity contribution in [3.8, 4) is 0 Å². The van der Waals surface area contributed by atoms with Crippen LogP contribution in [0, 0.1) is 17.3 Å². The number of carbonyl (C=O) groups is 1. The van der Waals surface area contributed by atoms with Gasteiger partial charge in [0.25, 0.3) is 0 Å². The molecule has 6 heteroatoms. The van der Waals surface area contributed by atoms with E-state index in [4.69, 9.17) is 5.11 Å². The van der Waals surface area contributed by atoms with Crippen LogP contribution in [0.3, 0.4) is 0 Å². The summed E-state index contributed by atoms with van der Waals surface area (Å²) in [5.74, 6) is -1.78. The predicted molar refractivity (Wildman–Crippen MR) is 65.4 cm³/mol. The smallest absolute Gasteiger partial charge is 0.391 e. The number of carbonyl (C=O) groups excluding carboxylic acids is 1. The van der Waals surface area contributed by atoms with Gasteiger partial charge in [0.15, 0.2) is 0 Å². The summed E-state index contributed by atoms with van der Waals surface area (Å²) in [6.07, 6.45) is -3.50. The van der Waals surface area contributed by atoms with Crippen LogP contribution in [0.15, 0.2) is 0 Å². The van der Waals surface area contributed by atoms with Crippen LogP contribution in [0.5, 0.6) is 0 Å². The Labute approximate surface area is 111 Å². The van der Waals surface area contributed by atoms with Gasteiger partial charge in [-0.1, -0.05) is 13.8 Å². The average molecular weight is 281 g/mol. The van der Waals surface area contributed by atoms with Crippen molar-refractivity contribution < 1.29 is 23.1 Å². The Morgan fingerprint density at radius 2 is 1.74 bits per heavy atom. The van der Waals surface area contributed by atoms with E-state index in [1.807, 2.05) is 13.8 Å². The van der Waals surface area contributed by atoms with E-state index >= 15 is 0 Å². The molecule has 0 heterocycles. The number of nitrogens with one attached hydrogen (secondary N) is 1. The fourth-order valence-electron chi connectivity index (χ4n) is 2.21. The molecule has 19 heavy (non-hydrogen) atoms. The van der Waals surface area contributed by atoms with E-state index in [1.54, 1.807) is 0 Å². The van der Waals surface area contributed by atoms with E-state index in [1.165, 1.54) is 0 Å². The van der Waals surface area contributed by atoms with E-state index in [0.717, 1.165) is 0 Å². The summed E-state index contributed by atoms with van der Waals surface area (Å²) in [4.78, 5) is 11.8. The van der Waals surface area contributed by atoms with Crippen molar-refractivity contribution in [3.05, 3.63) is 0 Å². The Morgan fingerprint density at radius 3 is 2.16 bits per heavy atom. The third-order valence-electron chi connectivity index (χ3n) is 3.73. The first-order chi connectivity index (χ1) is 8.65. The normalized spacial score (nSPS) is 25.2. The van der Waals surface area contributed by atoms with Crippen molar-refractivity contribution in [2.24, 2.45) is 17.3 Å². The van der Waals surface area contributed by atoms with E-state index in [-0.39, 0.29) is 44.1 Å². The first kappa shape index (κ1) is 16.3. The van der Waals surface area contributed by atoms with Gasteiger partial charge < -0.3 is 10.4 Å². The van der Waals surface area contributed by atoms with Crippen LogP contribution in [-0.4, -0.2) is 30.3 Å². The minimum absolute atomic E-state index is 0.0327. The summed E-state index contributed by atoms with van der Waals surface area (Å²) >= 11 is 0. The Balaban J connectivity index is 2.37. The van der Waals surface area contributed by atoms with Gasteiger partial charge >= 0.3 is 6.18 Å². The first-order valence-electron chi connectivity index (χ1n) is 6.61. The molecule has 0 radical (unpaired) electrons. The van der Waals surface area contributed by atoms with Gasteiger partial charge in [0.2, 0.25) is 5.91 Å². The van der Waals surface area contributed by atoms with Crippen molar-refractivity contribution in [2.75, 3.05) is 13.2 Å². The highest BCUT2D eigenvalue weighted by molar-refractivity contribution is 5.78. The quantitative estimate of drug-likeness (QED) is 0.831. The minimum atomic E-state index is -4.14. The number of rotatable bonds is 4. The largest absolute Gasteiger partial charge is 0.396 e. The highest BCUT2D eigenvalue weighted by Crippen LogP contribution is 2.39. The molecule has 0 aromatic rings. The summed E-state index contributed by atoms with van der Waals surface area (Å²) in [5.41, 5.74) is -0.404. The van der Waals surface area contributed by atoms with Crippen molar-refractivity contribution in [1.82, 2.24) is 5.32 Å². The molecule has 0 bridgehead atoms. The molecule has 0 spiro atoms. The lowest BCUT2D eigenvalue weighted by atomic mass is 9.81. The molecule has 0 unspecified atom stereocenters. The molecule has 112 valence electrons. The summed E-state index contributed by atoms with van der Waals surface area (Å²) < 4.78 is 37.5. The second-order valence-electron chi connectivity index (χ2n) is 6.13. The third-order valence-corrected chi connectivity index (χ3v) is 3.73. The molecule has 1 fully saturated rings. The molecule has 3 nitrogen and oxygen atoms in total. The Kier molecular flexibility index (Phi) is 5.24. The lowest BCUT2D eigenvalue weighted by Crippen LogP contribution is -2.41. The highest BCUT2D eigenvalue weighted by atomic mass is 19.4. The molecule has 1 aliphatic rings. The second-order valence-corrected chi connectivity index (χ2v) is 6.13. The van der Waals surface area contributed by atoms with Gasteiger partial charge in [0, 0.05) is 24.5 Å². The Hall–Kier alpha value is -0.780. The van der Waals surface area contributed by atoms with Crippen LogP contribution >= 0.6 is 0 Å². The second kappa shape index (κ2) is 6.11. The molecule has 0 aliphatic heterocycles. The Morgan fingerprint density at radius 1 is 1.21 bits per heavy atom. The van der Waals surface area contributed by atoms with E-state index in [0.29, 0.717) is 6.54 Å². The maximum absolute atomic E-state index is 12.5. The topological polar surface area (TPSA) is 49.3 Å². The molecule has 1 rings (SSSR count). The van der Waals surface area contributed by atoms with Gasteiger partial charge in [-0.2, -0.15) is 13.2 Å². The first-order valence-corrected chi connectivity index (χ1v) is 6.61. The number of hydrogen-bond acceptors (Lipinski definition) is 2. The minimum Gasteiger partial charge on any atom is -0.396 e. The number of aliphatic hydroxyl groups is 1. The maximum atomic E-state index is 12.5. The number of aliphatic hydroxyl groups excluding tert-OH is 1. The van der Waals surface area contributed by atoms with E-state index in [9.17, 15) is 18.0 Å². The molecule has 1 aliphatic carbocycles. The van der Waals surface area contributed by atoms with Gasteiger partial charge in [0.05, 0.1) is 5.92 Å². The van der Waals surface area contributed by atoms with Crippen LogP contribution in [0.1, 0.15) is 39.5 Å². The van der Waals surface area contributed by atoms with Crippen LogP contribution in [-0.2, 0) is 4.79 Å². The Bertz CT molecular complexity index is 308. The number of hydrogen-bond donors (Lipinski definition) is 2. The van der Waals surface area contributed by atoms with Gasteiger partial charge in [-0.05, 0) is 25.7 Å². The average Bonchev–Trinajstić information content (AvgIpc) is 2.35. The van der Waals surface area contributed by atoms with Crippen molar-refractivity contribution in [2.45, 2.75) is 45.7 Å². The van der Waals surface area contributed by atoms with Crippen molar-refractivity contribution in [1.29, 1.82) is 0 Å². The zero-order valence-corrected chi connectivity index (χ0v) is 11.4. The summed E-state index contributed by atoms with van der Waals surface area (Å²) in [6, 6.07) is 0. The van der Waals surface area contributed by atoms with Gasteiger partial charge in [-0.25, -0.2) is 0 Å². The van der Waals surface area contributed by atoms with Crippen molar-refractivity contribution in [3.63, 3.8) is 0 Å². The van der Waals surface area contributed by atoms with Gasteiger partial charge in [0.1, 0.15) is 0 Å². The number of alkyl halides is 3. The summed E-state index contributed by atoms with van der Waals surface area (Å²) in [6.45, 7) is 3.91. The standard InChI is InChI=1S/C13H22F3NO2/c1-12(2,8-18)7-17-11(19)9-3-5-10(6-4-9)13(14,15)16/h9-10,18H,3-8H2,1-2H3,(H,17,19). The molecule has 2 N–H and O–H groups in total. The summed E-state index contributed by atoms with van der Waals surface area (Å²) in [7, 11) is 0. The van der Waals surface area contributed by atoms with E-state index in [2.05, 4.69) is 5.32 Å². The molecule has 0 aromatic heterocycles. The monoisotopic (exact) mass is 281 g/mol. The molecule has 1 saturated carbocycles. The molecular weight excluding hydrogens is 259 g/mol. The number of amides is 1. The van der Waals surface area contributed by atoms with Gasteiger partial charge in [-0.15, -0.1) is 0 Å². The fraction of sp³-hybridized carbons (Fsp3) is 0.923.